The average Bonchev–Trinajstić information content (AvgIpc) is 2.68. The zero-order valence-electron chi connectivity index (χ0n) is 17.9. The van der Waals surface area contributed by atoms with Crippen molar-refractivity contribution in [1.29, 1.82) is 5.26 Å². The van der Waals surface area contributed by atoms with Gasteiger partial charge in [-0.2, -0.15) is 5.26 Å². The normalized spacial score (nSPS) is 11.3. The van der Waals surface area contributed by atoms with E-state index in [1.54, 1.807) is 19.1 Å². The number of nitrogens with zero attached hydrogens (tertiary/aromatic N) is 5. The van der Waals surface area contributed by atoms with Gasteiger partial charge >= 0.3 is 0 Å². The molecule has 0 aliphatic heterocycles. The number of pyridine rings is 1. The summed E-state index contributed by atoms with van der Waals surface area (Å²) in [5.74, 6) is 0.0270. The number of benzene rings is 1. The zero-order valence-corrected chi connectivity index (χ0v) is 18.7. The second kappa shape index (κ2) is 8.44. The van der Waals surface area contributed by atoms with E-state index in [9.17, 15) is 14.4 Å². The first-order valence-electron chi connectivity index (χ1n) is 9.67. The Morgan fingerprint density at radius 3 is 2.23 bits per heavy atom. The van der Waals surface area contributed by atoms with Gasteiger partial charge in [-0.05, 0) is 65.1 Å². The summed E-state index contributed by atoms with van der Waals surface area (Å²) in [6, 6.07) is 7.98. The lowest BCUT2D eigenvalue weighted by Gasteiger charge is -2.33. The highest BCUT2D eigenvalue weighted by Crippen LogP contribution is 2.29. The van der Waals surface area contributed by atoms with Gasteiger partial charge in [0.15, 0.2) is 0 Å². The first-order chi connectivity index (χ1) is 14.2. The van der Waals surface area contributed by atoms with Crippen molar-refractivity contribution in [3.63, 3.8) is 0 Å². The highest BCUT2D eigenvalue weighted by molar-refractivity contribution is 7.98. The molecule has 2 aromatic heterocycles. The molecule has 8 heteroatoms. The Balaban J connectivity index is 2.55. The Morgan fingerprint density at radius 1 is 1.13 bits per heavy atom. The fourth-order valence-corrected chi connectivity index (χ4v) is 4.26. The van der Waals surface area contributed by atoms with Gasteiger partial charge in [-0.3, -0.25) is 4.79 Å². The summed E-state index contributed by atoms with van der Waals surface area (Å²) in [5.41, 5.74) is 1.32. The Morgan fingerprint density at radius 2 is 1.73 bits per heavy atom. The number of halogens is 1. The van der Waals surface area contributed by atoms with Crippen molar-refractivity contribution in [2.24, 2.45) is 0 Å². The Labute approximate surface area is 179 Å². The van der Waals surface area contributed by atoms with E-state index in [4.69, 9.17) is 4.98 Å². The number of nitriles is 1. The molecular formula is C22H24FN5OS. The molecule has 156 valence electrons. The van der Waals surface area contributed by atoms with Crippen LogP contribution in [0.2, 0.25) is 0 Å². The number of aryl methyl sites for hydroxylation is 1. The van der Waals surface area contributed by atoms with Crippen LogP contribution in [0.4, 0.5) is 10.3 Å². The molecule has 0 bridgehead atoms. The van der Waals surface area contributed by atoms with E-state index in [0.29, 0.717) is 38.8 Å². The topological polar surface area (TPSA) is 74.8 Å². The van der Waals surface area contributed by atoms with E-state index in [1.165, 1.54) is 28.5 Å². The number of hydrogen-bond acceptors (Lipinski definition) is 6. The van der Waals surface area contributed by atoms with E-state index in [1.807, 2.05) is 38.9 Å². The van der Waals surface area contributed by atoms with Crippen LogP contribution in [0.5, 0.6) is 0 Å². The van der Waals surface area contributed by atoms with Gasteiger partial charge in [0.25, 0.3) is 5.56 Å². The molecule has 0 fully saturated rings. The molecule has 2 heterocycles. The summed E-state index contributed by atoms with van der Waals surface area (Å²) in [7, 11) is 0. The summed E-state index contributed by atoms with van der Waals surface area (Å²) in [6.45, 7) is 9.80. The number of thioether (sulfide) groups is 1. The maximum Gasteiger partial charge on any atom is 0.269 e. The minimum Gasteiger partial charge on any atom is -0.337 e. The quantitative estimate of drug-likeness (QED) is 0.563. The first-order valence-corrected chi connectivity index (χ1v) is 10.9. The van der Waals surface area contributed by atoms with Crippen LogP contribution >= 0.6 is 11.8 Å². The lowest BCUT2D eigenvalue weighted by molar-refractivity contribution is 0.582. The molecule has 0 spiro atoms. The lowest BCUT2D eigenvalue weighted by atomic mass is 10.1. The van der Waals surface area contributed by atoms with Gasteiger partial charge in [-0.25, -0.2) is 18.9 Å². The van der Waals surface area contributed by atoms with Gasteiger partial charge in [0.2, 0.25) is 5.95 Å². The maximum absolute atomic E-state index is 13.7. The molecule has 1 aromatic carbocycles. The molecular weight excluding hydrogens is 401 g/mol. The molecule has 30 heavy (non-hydrogen) atoms. The maximum atomic E-state index is 13.7. The molecule has 0 saturated heterocycles. The summed E-state index contributed by atoms with van der Waals surface area (Å²) < 4.78 is 15.0. The Hall–Kier alpha value is -2.92. The second-order valence-corrected chi connectivity index (χ2v) is 8.34. The van der Waals surface area contributed by atoms with Crippen molar-refractivity contribution in [1.82, 2.24) is 14.5 Å². The minimum atomic E-state index is -0.388. The fraction of sp³-hybridized carbons (Fsp3) is 0.364. The summed E-state index contributed by atoms with van der Waals surface area (Å²) in [6.07, 6.45) is 1.84. The molecule has 0 aliphatic rings. The third-order valence-corrected chi connectivity index (χ3v) is 5.56. The van der Waals surface area contributed by atoms with Crippen molar-refractivity contribution in [2.45, 2.75) is 51.7 Å². The lowest BCUT2D eigenvalue weighted by Crippen LogP contribution is -2.41. The Kier molecular flexibility index (Phi) is 6.13. The molecule has 3 aromatic rings. The van der Waals surface area contributed by atoms with E-state index in [-0.39, 0.29) is 23.5 Å². The van der Waals surface area contributed by atoms with Crippen LogP contribution in [0.15, 0.2) is 34.1 Å². The molecule has 6 nitrogen and oxygen atoms in total. The molecule has 0 N–H and O–H groups in total. The molecule has 0 aliphatic carbocycles. The molecule has 0 saturated carbocycles. The largest absolute Gasteiger partial charge is 0.337 e. The highest BCUT2D eigenvalue weighted by atomic mass is 32.2. The second-order valence-electron chi connectivity index (χ2n) is 7.54. The zero-order chi connectivity index (χ0) is 22.2. The van der Waals surface area contributed by atoms with Crippen LogP contribution < -0.4 is 10.5 Å². The standard InChI is InChI=1S/C22H24FN5OS/c1-12(2)27(13(3)4)22-26-19-17(11-24)20(30-6)25-14(5)18(19)21(29)28(22)16-9-7-15(23)8-10-16/h7-10,12-13H,1-6H3. The number of fused-ring (bicyclic) bond motifs is 1. The van der Waals surface area contributed by atoms with Crippen molar-refractivity contribution in [3.05, 3.63) is 51.7 Å². The van der Waals surface area contributed by atoms with Crippen molar-refractivity contribution in [3.8, 4) is 11.8 Å². The molecule has 0 amide bonds. The van der Waals surface area contributed by atoms with E-state index in [2.05, 4.69) is 11.1 Å². The van der Waals surface area contributed by atoms with Gasteiger partial charge in [-0.1, -0.05) is 0 Å². The number of anilines is 1. The van der Waals surface area contributed by atoms with Crippen LogP contribution in [0.1, 0.15) is 39.0 Å². The summed E-state index contributed by atoms with van der Waals surface area (Å²) in [5, 5.41) is 10.6. The number of rotatable bonds is 5. The van der Waals surface area contributed by atoms with Gasteiger partial charge < -0.3 is 4.90 Å². The minimum absolute atomic E-state index is 0.0366. The third kappa shape index (κ3) is 3.65. The van der Waals surface area contributed by atoms with Gasteiger partial charge in [0.1, 0.15) is 28.0 Å². The number of hydrogen-bond donors (Lipinski definition) is 0. The van der Waals surface area contributed by atoms with Crippen LogP contribution in [-0.4, -0.2) is 32.9 Å². The molecule has 0 radical (unpaired) electrons. The van der Waals surface area contributed by atoms with E-state index in [0.717, 1.165) is 0 Å². The molecule has 3 rings (SSSR count). The van der Waals surface area contributed by atoms with Crippen molar-refractivity contribution >= 4 is 28.6 Å². The third-order valence-electron chi connectivity index (χ3n) is 4.88. The highest BCUT2D eigenvalue weighted by Gasteiger charge is 2.26. The number of aromatic nitrogens is 3. The van der Waals surface area contributed by atoms with Crippen molar-refractivity contribution in [2.75, 3.05) is 11.2 Å². The monoisotopic (exact) mass is 425 g/mol. The van der Waals surface area contributed by atoms with E-state index >= 15 is 0 Å². The average molecular weight is 426 g/mol. The Bertz CT molecular complexity index is 1190. The SMILES string of the molecule is CSc1nc(C)c2c(=O)n(-c3ccc(F)cc3)c(N(C(C)C)C(C)C)nc2c1C#N. The van der Waals surface area contributed by atoms with Crippen LogP contribution in [0, 0.1) is 24.1 Å². The molecule has 0 atom stereocenters. The predicted molar refractivity (Wildman–Crippen MR) is 119 cm³/mol. The van der Waals surface area contributed by atoms with Gasteiger partial charge in [0, 0.05) is 12.1 Å². The van der Waals surface area contributed by atoms with Crippen molar-refractivity contribution < 1.29 is 4.39 Å². The summed E-state index contributed by atoms with van der Waals surface area (Å²) >= 11 is 1.35. The first kappa shape index (κ1) is 21.8. The van der Waals surface area contributed by atoms with Crippen LogP contribution in [-0.2, 0) is 0 Å². The van der Waals surface area contributed by atoms with Gasteiger partial charge in [0.05, 0.1) is 16.8 Å². The summed E-state index contributed by atoms with van der Waals surface area (Å²) in [4.78, 5) is 25.0. The van der Waals surface area contributed by atoms with E-state index < -0.39 is 0 Å². The molecule has 0 unspecified atom stereocenters. The van der Waals surface area contributed by atoms with Crippen LogP contribution in [0.25, 0.3) is 16.6 Å². The fourth-order valence-electron chi connectivity index (χ4n) is 3.68. The van der Waals surface area contributed by atoms with Crippen LogP contribution in [0.3, 0.4) is 0 Å². The predicted octanol–water partition coefficient (Wildman–Crippen LogP) is 4.45. The van der Waals surface area contributed by atoms with Gasteiger partial charge in [-0.15, -0.1) is 11.8 Å². The smallest absolute Gasteiger partial charge is 0.269 e.